The third-order valence-corrected chi connectivity index (χ3v) is 9.30. The Morgan fingerprint density at radius 1 is 1.12 bits per heavy atom. The van der Waals surface area contributed by atoms with E-state index in [-0.39, 0.29) is 40.8 Å². The van der Waals surface area contributed by atoms with E-state index in [0.29, 0.717) is 56.0 Å². The highest BCUT2D eigenvalue weighted by Crippen LogP contribution is 2.29. The van der Waals surface area contributed by atoms with Crippen LogP contribution in [0.15, 0.2) is 33.9 Å². The minimum Gasteiger partial charge on any atom is -0.378 e. The lowest BCUT2D eigenvalue weighted by Gasteiger charge is -2.30. The summed E-state index contributed by atoms with van der Waals surface area (Å²) in [6, 6.07) is 5.60. The summed E-state index contributed by atoms with van der Waals surface area (Å²) in [7, 11) is -3.74. The van der Waals surface area contributed by atoms with E-state index in [1.54, 1.807) is 17.2 Å². The first kappa shape index (κ1) is 23.8. The Morgan fingerprint density at radius 3 is 2.48 bits per heavy atom. The van der Waals surface area contributed by atoms with E-state index in [0.717, 1.165) is 11.3 Å². The number of nitrogens with one attached hydrogen (secondary N) is 1. The number of hydrogen-bond donors (Lipinski definition) is 1. The number of carbonyl (C=O) groups excluding carboxylic acids is 2. The maximum Gasteiger partial charge on any atom is 0.254 e. The van der Waals surface area contributed by atoms with Gasteiger partial charge in [0.05, 0.1) is 18.8 Å². The lowest BCUT2D eigenvalue weighted by Crippen LogP contribution is -2.41. The van der Waals surface area contributed by atoms with Gasteiger partial charge in [-0.1, -0.05) is 0 Å². The van der Waals surface area contributed by atoms with Crippen LogP contribution in [0.3, 0.4) is 0 Å². The number of carbonyl (C=O) groups is 2. The fraction of sp³-hybridized carbons (Fsp3) is 0.455. The molecule has 0 bridgehead atoms. The Bertz CT molecular complexity index is 1140. The number of anilines is 1. The Balaban J connectivity index is 1.36. The predicted molar refractivity (Wildman–Crippen MR) is 122 cm³/mol. The lowest BCUT2D eigenvalue weighted by atomic mass is 9.97. The van der Waals surface area contributed by atoms with Crippen LogP contribution in [-0.2, 0) is 19.6 Å². The first-order valence-corrected chi connectivity index (χ1v) is 13.1. The second-order valence-corrected chi connectivity index (χ2v) is 11.3. The monoisotopic (exact) mass is 495 g/mol. The maximum atomic E-state index is 13.3. The van der Waals surface area contributed by atoms with Crippen LogP contribution in [0.4, 0.5) is 10.1 Å². The molecule has 2 aliphatic heterocycles. The number of sulfonamides is 1. The normalized spacial score (nSPS) is 18.3. The molecule has 0 atom stereocenters. The molecule has 2 saturated heterocycles. The number of nitrogens with zero attached hydrogens (tertiary/aromatic N) is 2. The zero-order valence-electron chi connectivity index (χ0n) is 18.3. The Morgan fingerprint density at radius 2 is 1.82 bits per heavy atom. The molecule has 4 rings (SSSR count). The second kappa shape index (κ2) is 9.88. The first-order valence-electron chi connectivity index (χ1n) is 10.8. The van der Waals surface area contributed by atoms with Crippen molar-refractivity contribution in [3.63, 3.8) is 0 Å². The van der Waals surface area contributed by atoms with E-state index in [2.05, 4.69) is 5.32 Å². The van der Waals surface area contributed by atoms with Crippen molar-refractivity contribution in [1.82, 2.24) is 9.21 Å². The van der Waals surface area contributed by atoms with Gasteiger partial charge >= 0.3 is 0 Å². The molecule has 1 N–H and O–H groups in total. The average Bonchev–Trinajstić information content (AvgIpc) is 3.32. The molecule has 0 unspecified atom stereocenters. The summed E-state index contributed by atoms with van der Waals surface area (Å²) in [4.78, 5) is 26.9. The number of ether oxygens (including phenoxy) is 1. The number of thiophene rings is 1. The summed E-state index contributed by atoms with van der Waals surface area (Å²) in [6.45, 7) is 4.08. The molecular formula is C22H26FN3O5S2. The van der Waals surface area contributed by atoms with Crippen molar-refractivity contribution < 1.29 is 27.1 Å². The summed E-state index contributed by atoms with van der Waals surface area (Å²) < 4.78 is 46.2. The second-order valence-electron chi connectivity index (χ2n) is 8.19. The number of hydrogen-bond acceptors (Lipinski definition) is 6. The number of halogens is 1. The predicted octanol–water partition coefficient (Wildman–Crippen LogP) is 2.71. The molecule has 2 aliphatic rings. The van der Waals surface area contributed by atoms with Crippen LogP contribution in [0.1, 0.15) is 28.8 Å². The van der Waals surface area contributed by atoms with Gasteiger partial charge in [-0.05, 0) is 49.6 Å². The molecule has 33 heavy (non-hydrogen) atoms. The Labute approximate surface area is 196 Å². The fourth-order valence-electron chi connectivity index (χ4n) is 4.00. The van der Waals surface area contributed by atoms with Crippen molar-refractivity contribution in [3.8, 4) is 0 Å². The molecule has 1 aromatic carbocycles. The molecule has 2 amide bonds. The maximum absolute atomic E-state index is 13.3. The molecule has 1 aromatic heterocycles. The van der Waals surface area contributed by atoms with Gasteiger partial charge in [0.2, 0.25) is 5.91 Å². The van der Waals surface area contributed by atoms with Gasteiger partial charge in [-0.25, -0.2) is 12.8 Å². The van der Waals surface area contributed by atoms with Crippen LogP contribution >= 0.6 is 11.3 Å². The largest absolute Gasteiger partial charge is 0.378 e. The standard InChI is InChI=1S/C22H26FN3O5S2/c1-15-12-18(23)2-3-19(15)24-21(27)16-4-6-26(7-5-16)33(29,30)20-13-17(14-32-20)22(28)25-8-10-31-11-9-25/h2-3,12-14,16H,4-11H2,1H3,(H,24,27). The minimum absolute atomic E-state index is 0.129. The topological polar surface area (TPSA) is 96.0 Å². The highest BCUT2D eigenvalue weighted by molar-refractivity contribution is 7.91. The zero-order valence-corrected chi connectivity index (χ0v) is 19.9. The molecule has 3 heterocycles. The van der Waals surface area contributed by atoms with E-state index in [4.69, 9.17) is 4.74 Å². The van der Waals surface area contributed by atoms with Crippen LogP contribution in [-0.4, -0.2) is 68.8 Å². The van der Waals surface area contributed by atoms with Crippen molar-refractivity contribution >= 4 is 38.9 Å². The Hall–Kier alpha value is -2.34. The molecule has 2 fully saturated rings. The molecule has 0 radical (unpaired) electrons. The molecule has 2 aromatic rings. The van der Waals surface area contributed by atoms with Crippen LogP contribution < -0.4 is 5.32 Å². The van der Waals surface area contributed by atoms with Crippen LogP contribution in [0.5, 0.6) is 0 Å². The molecule has 0 spiro atoms. The summed E-state index contributed by atoms with van der Waals surface area (Å²) in [5.74, 6) is -1.09. The van der Waals surface area contributed by atoms with E-state index in [9.17, 15) is 22.4 Å². The van der Waals surface area contributed by atoms with Crippen LogP contribution in [0, 0.1) is 18.7 Å². The number of piperidine rings is 1. The molecule has 178 valence electrons. The molecule has 0 aliphatic carbocycles. The SMILES string of the molecule is Cc1cc(F)ccc1NC(=O)C1CCN(S(=O)(=O)c2cc(C(=O)N3CCOCC3)cs2)CC1. The number of rotatable bonds is 5. The lowest BCUT2D eigenvalue weighted by molar-refractivity contribution is -0.120. The average molecular weight is 496 g/mol. The van der Waals surface area contributed by atoms with Crippen molar-refractivity contribution in [2.24, 2.45) is 5.92 Å². The third-order valence-electron chi connectivity index (χ3n) is 5.99. The van der Waals surface area contributed by atoms with Gasteiger partial charge in [0.25, 0.3) is 15.9 Å². The van der Waals surface area contributed by atoms with Gasteiger partial charge in [0.15, 0.2) is 0 Å². The third kappa shape index (κ3) is 5.26. The zero-order chi connectivity index (χ0) is 23.6. The molecule has 8 nitrogen and oxygen atoms in total. The highest BCUT2D eigenvalue weighted by atomic mass is 32.2. The quantitative estimate of drug-likeness (QED) is 0.688. The fourth-order valence-corrected chi connectivity index (χ4v) is 6.78. The number of amides is 2. The molecule has 11 heteroatoms. The summed E-state index contributed by atoms with van der Waals surface area (Å²) in [5.41, 5.74) is 1.54. The van der Waals surface area contributed by atoms with Gasteiger partial charge in [0.1, 0.15) is 10.0 Å². The smallest absolute Gasteiger partial charge is 0.254 e. The van der Waals surface area contributed by atoms with E-state index in [1.165, 1.54) is 28.6 Å². The van der Waals surface area contributed by atoms with E-state index in [1.807, 2.05) is 0 Å². The number of benzene rings is 1. The van der Waals surface area contributed by atoms with Crippen molar-refractivity contribution in [1.29, 1.82) is 0 Å². The van der Waals surface area contributed by atoms with Gasteiger partial charge in [-0.3, -0.25) is 9.59 Å². The number of aryl methyl sites for hydroxylation is 1. The van der Waals surface area contributed by atoms with Gasteiger partial charge in [-0.15, -0.1) is 11.3 Å². The van der Waals surface area contributed by atoms with E-state index >= 15 is 0 Å². The van der Waals surface area contributed by atoms with Crippen molar-refractivity contribution in [2.75, 3.05) is 44.7 Å². The van der Waals surface area contributed by atoms with Crippen molar-refractivity contribution in [3.05, 3.63) is 46.6 Å². The summed E-state index contributed by atoms with van der Waals surface area (Å²) in [6.07, 6.45) is 0.770. The summed E-state index contributed by atoms with van der Waals surface area (Å²) >= 11 is 1.04. The van der Waals surface area contributed by atoms with Crippen LogP contribution in [0.2, 0.25) is 0 Å². The molecular weight excluding hydrogens is 469 g/mol. The highest BCUT2D eigenvalue weighted by Gasteiger charge is 2.33. The van der Waals surface area contributed by atoms with Gasteiger partial charge < -0.3 is 15.0 Å². The summed E-state index contributed by atoms with van der Waals surface area (Å²) in [5, 5.41) is 4.40. The number of morpholine rings is 1. The minimum atomic E-state index is -3.74. The van der Waals surface area contributed by atoms with Crippen LogP contribution in [0.25, 0.3) is 0 Å². The van der Waals surface area contributed by atoms with Gasteiger partial charge in [-0.2, -0.15) is 4.31 Å². The first-order chi connectivity index (χ1) is 15.8. The Kier molecular flexibility index (Phi) is 7.13. The van der Waals surface area contributed by atoms with Crippen molar-refractivity contribution in [2.45, 2.75) is 24.0 Å². The van der Waals surface area contributed by atoms with Gasteiger partial charge in [0, 0.05) is 43.2 Å². The van der Waals surface area contributed by atoms with E-state index < -0.39 is 10.0 Å². The molecule has 0 saturated carbocycles.